The molecule has 1 aliphatic heterocycles. The molecule has 1 saturated heterocycles. The Bertz CT molecular complexity index is 767. The number of nitrogens with zero attached hydrogens (tertiary/aromatic N) is 2. The Morgan fingerprint density at radius 2 is 1.71 bits per heavy atom. The van der Waals surface area contributed by atoms with Gasteiger partial charge < -0.3 is 14.6 Å². The second-order valence-electron chi connectivity index (χ2n) is 6.93. The second kappa shape index (κ2) is 10.3. The van der Waals surface area contributed by atoms with Gasteiger partial charge in [0, 0.05) is 49.9 Å². The van der Waals surface area contributed by atoms with Crippen molar-refractivity contribution < 1.29 is 14.6 Å². The molecule has 2 aromatic rings. The number of halogens is 2. The summed E-state index contributed by atoms with van der Waals surface area (Å²) in [6.07, 6.45) is -0.559. The van der Waals surface area contributed by atoms with Crippen molar-refractivity contribution in [2.24, 2.45) is 0 Å². The number of para-hydroxylation sites is 1. The summed E-state index contributed by atoms with van der Waals surface area (Å²) in [6, 6.07) is 13.0. The third kappa shape index (κ3) is 6.00. The number of methoxy groups -OCH3 is 1. The van der Waals surface area contributed by atoms with Crippen LogP contribution in [0.2, 0.25) is 10.0 Å². The van der Waals surface area contributed by atoms with E-state index in [0.717, 1.165) is 49.1 Å². The highest BCUT2D eigenvalue weighted by Crippen LogP contribution is 2.25. The molecule has 0 aromatic heterocycles. The zero-order valence-electron chi connectivity index (χ0n) is 16.0. The first-order valence-electron chi connectivity index (χ1n) is 9.37. The maximum Gasteiger partial charge on any atom is 0.138 e. The average molecular weight is 425 g/mol. The highest BCUT2D eigenvalue weighted by molar-refractivity contribution is 6.32. The van der Waals surface area contributed by atoms with Crippen LogP contribution in [-0.4, -0.2) is 67.5 Å². The number of ether oxygens (including phenoxy) is 2. The minimum Gasteiger partial charge on any atom is -0.496 e. The van der Waals surface area contributed by atoms with E-state index in [1.807, 2.05) is 30.3 Å². The number of piperazine rings is 1. The van der Waals surface area contributed by atoms with Gasteiger partial charge in [0.25, 0.3) is 0 Å². The number of hydrogen-bond acceptors (Lipinski definition) is 5. The molecule has 2 aromatic carbocycles. The number of β-amino-alcohol motifs (C(OH)–C–C–N with tert-alkyl or cyclic N) is 1. The Kier molecular flexibility index (Phi) is 7.82. The zero-order valence-corrected chi connectivity index (χ0v) is 17.5. The van der Waals surface area contributed by atoms with Gasteiger partial charge >= 0.3 is 0 Å². The van der Waals surface area contributed by atoms with Crippen LogP contribution in [0.4, 0.5) is 0 Å². The molecule has 28 heavy (non-hydrogen) atoms. The molecule has 1 heterocycles. The highest BCUT2D eigenvalue weighted by Gasteiger charge is 2.20. The van der Waals surface area contributed by atoms with E-state index in [1.54, 1.807) is 19.2 Å². The third-order valence-corrected chi connectivity index (χ3v) is 5.39. The molecule has 0 spiro atoms. The molecule has 0 saturated carbocycles. The van der Waals surface area contributed by atoms with Crippen LogP contribution in [-0.2, 0) is 6.54 Å². The normalized spacial score (nSPS) is 16.7. The van der Waals surface area contributed by atoms with Crippen LogP contribution < -0.4 is 9.47 Å². The fraction of sp³-hybridized carbons (Fsp3) is 0.429. The largest absolute Gasteiger partial charge is 0.496 e. The van der Waals surface area contributed by atoms with E-state index in [4.69, 9.17) is 32.7 Å². The predicted octanol–water partition coefficient (Wildman–Crippen LogP) is 3.56. The lowest BCUT2D eigenvalue weighted by atomic mass is 10.1. The van der Waals surface area contributed by atoms with Crippen LogP contribution in [0.15, 0.2) is 42.5 Å². The lowest BCUT2D eigenvalue weighted by Gasteiger charge is -2.35. The van der Waals surface area contributed by atoms with Gasteiger partial charge in [0.2, 0.25) is 0 Å². The quantitative estimate of drug-likeness (QED) is 0.701. The Hall–Kier alpha value is -1.50. The summed E-state index contributed by atoms with van der Waals surface area (Å²) >= 11 is 12.2. The molecule has 1 N–H and O–H groups in total. The van der Waals surface area contributed by atoms with Crippen molar-refractivity contribution in [1.29, 1.82) is 0 Å². The highest BCUT2D eigenvalue weighted by atomic mass is 35.5. The van der Waals surface area contributed by atoms with E-state index in [0.29, 0.717) is 17.3 Å². The number of benzene rings is 2. The van der Waals surface area contributed by atoms with Crippen LogP contribution in [0.3, 0.4) is 0 Å². The molecule has 1 aliphatic rings. The topological polar surface area (TPSA) is 45.2 Å². The van der Waals surface area contributed by atoms with Crippen molar-refractivity contribution in [3.63, 3.8) is 0 Å². The summed E-state index contributed by atoms with van der Waals surface area (Å²) in [7, 11) is 1.68. The van der Waals surface area contributed by atoms with Crippen LogP contribution >= 0.6 is 23.2 Å². The smallest absolute Gasteiger partial charge is 0.138 e. The Labute approximate surface area is 176 Å². The van der Waals surface area contributed by atoms with E-state index in [-0.39, 0.29) is 6.61 Å². The minimum atomic E-state index is -0.559. The SMILES string of the molecule is COc1ccc(Cl)cc1CN1CCN(CC(O)COc2ccccc2Cl)CC1. The Morgan fingerprint density at radius 3 is 2.43 bits per heavy atom. The van der Waals surface area contributed by atoms with Crippen LogP contribution in [0, 0.1) is 0 Å². The first-order valence-corrected chi connectivity index (χ1v) is 10.1. The Morgan fingerprint density at radius 1 is 1.00 bits per heavy atom. The molecule has 0 radical (unpaired) electrons. The maximum absolute atomic E-state index is 10.3. The lowest BCUT2D eigenvalue weighted by Crippen LogP contribution is -2.48. The first-order chi connectivity index (χ1) is 13.5. The molecular formula is C21H26Cl2N2O3. The molecule has 152 valence electrons. The lowest BCUT2D eigenvalue weighted by molar-refractivity contribution is 0.0445. The molecular weight excluding hydrogens is 399 g/mol. The van der Waals surface area contributed by atoms with Gasteiger partial charge in [0.1, 0.15) is 24.2 Å². The van der Waals surface area contributed by atoms with Gasteiger partial charge in [-0.25, -0.2) is 0 Å². The number of aliphatic hydroxyl groups is 1. The van der Waals surface area contributed by atoms with E-state index >= 15 is 0 Å². The predicted molar refractivity (Wildman–Crippen MR) is 113 cm³/mol. The second-order valence-corrected chi connectivity index (χ2v) is 7.77. The molecule has 1 atom stereocenters. The van der Waals surface area contributed by atoms with Crippen molar-refractivity contribution in [2.45, 2.75) is 12.6 Å². The number of aliphatic hydroxyl groups excluding tert-OH is 1. The maximum atomic E-state index is 10.3. The summed E-state index contributed by atoms with van der Waals surface area (Å²) in [5.41, 5.74) is 1.09. The monoisotopic (exact) mass is 424 g/mol. The summed E-state index contributed by atoms with van der Waals surface area (Å²) in [4.78, 5) is 4.63. The van der Waals surface area contributed by atoms with E-state index in [2.05, 4.69) is 9.80 Å². The minimum absolute atomic E-state index is 0.226. The standard InChI is InChI=1S/C21H26Cl2N2O3/c1-27-20-7-6-17(22)12-16(20)13-24-8-10-25(11-9-24)14-18(26)15-28-21-5-3-2-4-19(21)23/h2-7,12,18,26H,8-11,13-15H2,1H3. The molecule has 1 fully saturated rings. The zero-order chi connectivity index (χ0) is 19.9. The van der Waals surface area contributed by atoms with Gasteiger partial charge in [-0.1, -0.05) is 35.3 Å². The molecule has 0 amide bonds. The van der Waals surface area contributed by atoms with Crippen LogP contribution in [0.5, 0.6) is 11.5 Å². The van der Waals surface area contributed by atoms with Crippen molar-refractivity contribution in [2.75, 3.05) is 46.4 Å². The van der Waals surface area contributed by atoms with Gasteiger partial charge in [-0.3, -0.25) is 9.80 Å². The van der Waals surface area contributed by atoms with Crippen molar-refractivity contribution >= 4 is 23.2 Å². The fourth-order valence-electron chi connectivity index (χ4n) is 3.34. The van der Waals surface area contributed by atoms with Crippen LogP contribution in [0.25, 0.3) is 0 Å². The summed E-state index contributed by atoms with van der Waals surface area (Å²) in [6.45, 7) is 5.25. The van der Waals surface area contributed by atoms with Crippen LogP contribution in [0.1, 0.15) is 5.56 Å². The van der Waals surface area contributed by atoms with Gasteiger partial charge in [-0.2, -0.15) is 0 Å². The molecule has 5 nitrogen and oxygen atoms in total. The van der Waals surface area contributed by atoms with Crippen molar-refractivity contribution in [1.82, 2.24) is 9.80 Å². The van der Waals surface area contributed by atoms with Gasteiger partial charge in [0.15, 0.2) is 0 Å². The number of rotatable bonds is 8. The number of hydrogen-bond donors (Lipinski definition) is 1. The molecule has 7 heteroatoms. The molecule has 0 bridgehead atoms. The van der Waals surface area contributed by atoms with Gasteiger partial charge in [-0.05, 0) is 30.3 Å². The Balaban J connectivity index is 1.43. The van der Waals surface area contributed by atoms with Crippen molar-refractivity contribution in [3.8, 4) is 11.5 Å². The van der Waals surface area contributed by atoms with E-state index in [1.165, 1.54) is 0 Å². The summed E-state index contributed by atoms with van der Waals surface area (Å²) in [5.74, 6) is 1.46. The fourth-order valence-corrected chi connectivity index (χ4v) is 3.73. The first kappa shape index (κ1) is 21.2. The summed E-state index contributed by atoms with van der Waals surface area (Å²) in [5, 5.41) is 11.6. The van der Waals surface area contributed by atoms with Crippen molar-refractivity contribution in [3.05, 3.63) is 58.1 Å². The van der Waals surface area contributed by atoms with Gasteiger partial charge in [0.05, 0.1) is 12.1 Å². The third-order valence-electron chi connectivity index (χ3n) is 4.84. The summed E-state index contributed by atoms with van der Waals surface area (Å²) < 4.78 is 11.1. The average Bonchev–Trinajstić information content (AvgIpc) is 2.69. The molecule has 0 aliphatic carbocycles. The molecule has 3 rings (SSSR count). The van der Waals surface area contributed by atoms with E-state index < -0.39 is 6.10 Å². The van der Waals surface area contributed by atoms with Gasteiger partial charge in [-0.15, -0.1) is 0 Å². The molecule has 1 unspecified atom stereocenters. The van der Waals surface area contributed by atoms with E-state index in [9.17, 15) is 5.11 Å².